The molecule has 0 aliphatic carbocycles. The van der Waals surface area contributed by atoms with Crippen molar-refractivity contribution < 1.29 is 18.3 Å². The summed E-state index contributed by atoms with van der Waals surface area (Å²) in [6.45, 7) is -2.92. The molecule has 0 fully saturated rings. The lowest BCUT2D eigenvalue weighted by Crippen LogP contribution is -2.13. The third kappa shape index (κ3) is 3.89. The Kier molecular flexibility index (Phi) is 4.47. The van der Waals surface area contributed by atoms with Crippen LogP contribution in [0.3, 0.4) is 0 Å². The van der Waals surface area contributed by atoms with E-state index in [1.54, 1.807) is 12.1 Å². The number of nitrogens with one attached hydrogen (secondary N) is 1. The highest BCUT2D eigenvalue weighted by Crippen LogP contribution is 2.19. The molecule has 4 nitrogen and oxygen atoms in total. The quantitative estimate of drug-likeness (QED) is 0.878. The van der Waals surface area contributed by atoms with Crippen LogP contribution in [0, 0.1) is 0 Å². The van der Waals surface area contributed by atoms with Crippen LogP contribution in [0.15, 0.2) is 42.5 Å². The molecule has 2 rings (SSSR count). The number of alkyl halides is 2. The maximum atomic E-state index is 12.1. The number of carbonyl (C=O) groups excluding carboxylic acids is 1. The van der Waals surface area contributed by atoms with Gasteiger partial charge in [0.15, 0.2) is 0 Å². The van der Waals surface area contributed by atoms with Gasteiger partial charge < -0.3 is 10.1 Å². The minimum Gasteiger partial charge on any atom is -0.435 e. The lowest BCUT2D eigenvalue weighted by Gasteiger charge is -2.08. The number of hydrogen-bond donors (Lipinski definition) is 1. The number of nitrogens with zero attached hydrogens (tertiary/aromatic N) is 1. The SMILES string of the molecule is O=C(Nc1cccc(OC(F)F)c1)c1cccc(Cl)n1. The molecule has 0 saturated carbocycles. The maximum absolute atomic E-state index is 12.1. The Labute approximate surface area is 118 Å². The van der Waals surface area contributed by atoms with Gasteiger partial charge in [0.2, 0.25) is 0 Å². The molecule has 0 saturated heterocycles. The third-order valence-electron chi connectivity index (χ3n) is 2.26. The molecule has 20 heavy (non-hydrogen) atoms. The highest BCUT2D eigenvalue weighted by Gasteiger charge is 2.09. The lowest BCUT2D eigenvalue weighted by atomic mass is 10.3. The fourth-order valence-corrected chi connectivity index (χ4v) is 1.64. The first-order valence-electron chi connectivity index (χ1n) is 5.53. The fourth-order valence-electron chi connectivity index (χ4n) is 1.48. The Bertz CT molecular complexity index is 623. The number of rotatable bonds is 4. The molecule has 1 aromatic carbocycles. The minimum absolute atomic E-state index is 0.0446. The molecule has 2 aromatic rings. The molecule has 1 aromatic heterocycles. The molecule has 7 heteroatoms. The second kappa shape index (κ2) is 6.29. The van der Waals surface area contributed by atoms with Crippen LogP contribution in [0.5, 0.6) is 5.75 Å². The molecule has 1 N–H and O–H groups in total. The molecule has 104 valence electrons. The van der Waals surface area contributed by atoms with E-state index in [2.05, 4.69) is 15.0 Å². The van der Waals surface area contributed by atoms with Crippen LogP contribution in [0.2, 0.25) is 5.15 Å². The van der Waals surface area contributed by atoms with Crippen LogP contribution in [0.1, 0.15) is 10.5 Å². The average molecular weight is 299 g/mol. The van der Waals surface area contributed by atoms with E-state index < -0.39 is 12.5 Å². The van der Waals surface area contributed by atoms with Crippen molar-refractivity contribution in [2.24, 2.45) is 0 Å². The van der Waals surface area contributed by atoms with Crippen LogP contribution >= 0.6 is 11.6 Å². The Morgan fingerprint density at radius 1 is 1.25 bits per heavy atom. The van der Waals surface area contributed by atoms with Crippen molar-refractivity contribution in [1.29, 1.82) is 0 Å². The first kappa shape index (κ1) is 14.2. The zero-order valence-corrected chi connectivity index (χ0v) is 10.8. The smallest absolute Gasteiger partial charge is 0.387 e. The topological polar surface area (TPSA) is 51.2 Å². The average Bonchev–Trinajstić information content (AvgIpc) is 2.38. The lowest BCUT2D eigenvalue weighted by molar-refractivity contribution is -0.0497. The number of amides is 1. The van der Waals surface area contributed by atoms with E-state index in [9.17, 15) is 13.6 Å². The zero-order chi connectivity index (χ0) is 14.5. The predicted octanol–water partition coefficient (Wildman–Crippen LogP) is 3.59. The van der Waals surface area contributed by atoms with Gasteiger partial charge in [0.1, 0.15) is 16.6 Å². The van der Waals surface area contributed by atoms with Crippen molar-refractivity contribution in [3.8, 4) is 5.75 Å². The van der Waals surface area contributed by atoms with Crippen molar-refractivity contribution in [2.45, 2.75) is 6.61 Å². The highest BCUT2D eigenvalue weighted by atomic mass is 35.5. The molecule has 0 unspecified atom stereocenters. The van der Waals surface area contributed by atoms with Gasteiger partial charge in [-0.15, -0.1) is 0 Å². The van der Waals surface area contributed by atoms with Gasteiger partial charge in [-0.2, -0.15) is 8.78 Å². The van der Waals surface area contributed by atoms with Crippen LogP contribution in [-0.4, -0.2) is 17.5 Å². The molecular formula is C13H9ClF2N2O2. The van der Waals surface area contributed by atoms with Crippen LogP contribution in [-0.2, 0) is 0 Å². The molecule has 0 aliphatic rings. The Hall–Kier alpha value is -2.21. The van der Waals surface area contributed by atoms with E-state index in [1.807, 2.05) is 0 Å². The number of carbonyl (C=O) groups is 1. The first-order valence-corrected chi connectivity index (χ1v) is 5.91. The molecule has 1 heterocycles. The molecule has 0 spiro atoms. The van der Waals surface area contributed by atoms with E-state index in [0.29, 0.717) is 5.69 Å². The van der Waals surface area contributed by atoms with Gasteiger partial charge in [-0.3, -0.25) is 4.79 Å². The fraction of sp³-hybridized carbons (Fsp3) is 0.0769. The summed E-state index contributed by atoms with van der Waals surface area (Å²) in [6, 6.07) is 10.3. The number of aromatic nitrogens is 1. The standard InChI is InChI=1S/C13H9ClF2N2O2/c14-11-6-2-5-10(18-11)12(19)17-8-3-1-4-9(7-8)20-13(15)16/h1-7,13H,(H,17,19). The van der Waals surface area contributed by atoms with E-state index >= 15 is 0 Å². The minimum atomic E-state index is -2.92. The number of hydrogen-bond acceptors (Lipinski definition) is 3. The van der Waals surface area contributed by atoms with Crippen LogP contribution < -0.4 is 10.1 Å². The van der Waals surface area contributed by atoms with Gasteiger partial charge in [0.25, 0.3) is 5.91 Å². The molecule has 0 aliphatic heterocycles. The molecule has 0 atom stereocenters. The second-order valence-electron chi connectivity index (χ2n) is 3.71. The normalized spacial score (nSPS) is 10.4. The van der Waals surface area contributed by atoms with Crippen molar-refractivity contribution in [2.75, 3.05) is 5.32 Å². The Balaban J connectivity index is 2.11. The summed E-state index contributed by atoms with van der Waals surface area (Å²) >= 11 is 5.68. The second-order valence-corrected chi connectivity index (χ2v) is 4.09. The van der Waals surface area contributed by atoms with Crippen LogP contribution in [0.4, 0.5) is 14.5 Å². The van der Waals surface area contributed by atoms with Gasteiger partial charge in [0, 0.05) is 11.8 Å². The zero-order valence-electron chi connectivity index (χ0n) is 10.0. The van der Waals surface area contributed by atoms with Crippen molar-refractivity contribution >= 4 is 23.2 Å². The van der Waals surface area contributed by atoms with E-state index in [1.165, 1.54) is 30.3 Å². The van der Waals surface area contributed by atoms with E-state index in [0.717, 1.165) is 0 Å². The molecule has 0 bridgehead atoms. The third-order valence-corrected chi connectivity index (χ3v) is 2.48. The number of halogens is 3. The highest BCUT2D eigenvalue weighted by molar-refractivity contribution is 6.29. The predicted molar refractivity (Wildman–Crippen MR) is 70.3 cm³/mol. The monoisotopic (exact) mass is 298 g/mol. The van der Waals surface area contributed by atoms with E-state index in [-0.39, 0.29) is 16.6 Å². The Morgan fingerprint density at radius 3 is 2.70 bits per heavy atom. The first-order chi connectivity index (χ1) is 9.54. The molecule has 0 radical (unpaired) electrons. The maximum Gasteiger partial charge on any atom is 0.387 e. The number of pyridine rings is 1. The van der Waals surface area contributed by atoms with Gasteiger partial charge >= 0.3 is 6.61 Å². The summed E-state index contributed by atoms with van der Waals surface area (Å²) in [6.07, 6.45) is 0. The largest absolute Gasteiger partial charge is 0.435 e. The van der Waals surface area contributed by atoms with Gasteiger partial charge in [0.05, 0.1) is 0 Å². The summed E-state index contributed by atoms with van der Waals surface area (Å²) in [5, 5.41) is 2.70. The molecule has 1 amide bonds. The van der Waals surface area contributed by atoms with Crippen molar-refractivity contribution in [3.63, 3.8) is 0 Å². The summed E-state index contributed by atoms with van der Waals surface area (Å²) in [7, 11) is 0. The number of anilines is 1. The summed E-state index contributed by atoms with van der Waals surface area (Å²) < 4.78 is 28.4. The van der Waals surface area contributed by atoms with Crippen LogP contribution in [0.25, 0.3) is 0 Å². The van der Waals surface area contributed by atoms with Crippen molar-refractivity contribution in [3.05, 3.63) is 53.3 Å². The van der Waals surface area contributed by atoms with Gasteiger partial charge in [-0.1, -0.05) is 23.7 Å². The summed E-state index contributed by atoms with van der Waals surface area (Å²) in [4.78, 5) is 15.7. The number of benzene rings is 1. The van der Waals surface area contributed by atoms with Gasteiger partial charge in [-0.05, 0) is 24.3 Å². The van der Waals surface area contributed by atoms with Gasteiger partial charge in [-0.25, -0.2) is 4.98 Å². The summed E-state index contributed by atoms with van der Waals surface area (Å²) in [5.41, 5.74) is 0.438. The Morgan fingerprint density at radius 2 is 2.00 bits per heavy atom. The van der Waals surface area contributed by atoms with Crippen molar-refractivity contribution in [1.82, 2.24) is 4.98 Å². The number of ether oxygens (including phenoxy) is 1. The summed E-state index contributed by atoms with van der Waals surface area (Å²) in [5.74, 6) is -0.543. The van der Waals surface area contributed by atoms with E-state index in [4.69, 9.17) is 11.6 Å². The molecular weight excluding hydrogens is 290 g/mol.